The first-order valence-corrected chi connectivity index (χ1v) is 13.1. The Bertz CT molecular complexity index is 2000. The van der Waals surface area contributed by atoms with Gasteiger partial charge in [-0.1, -0.05) is 60.7 Å². The molecule has 0 fully saturated rings. The summed E-state index contributed by atoms with van der Waals surface area (Å²) in [6.45, 7) is 0.364. The Morgan fingerprint density at radius 2 is 1.46 bits per heavy atom. The van der Waals surface area contributed by atoms with E-state index in [1.54, 1.807) is 36.4 Å². The third kappa shape index (κ3) is 4.86. The van der Waals surface area contributed by atoms with Crippen molar-refractivity contribution < 1.29 is 9.90 Å². The number of aromatic nitrogens is 2. The monoisotopic (exact) mass is 535 g/mol. The molecule has 1 amide bonds. The summed E-state index contributed by atoms with van der Waals surface area (Å²) in [5.74, 6) is -0.0595. The fourth-order valence-corrected chi connectivity index (χ4v) is 4.99. The first kappa shape index (κ1) is 25.4. The summed E-state index contributed by atoms with van der Waals surface area (Å²) in [7, 11) is 0. The second-order valence-corrected chi connectivity index (χ2v) is 9.60. The highest BCUT2D eigenvalue weighted by atomic mass is 16.3. The molecule has 0 atom stereocenters. The largest absolute Gasteiger partial charge is 0.508 e. The van der Waals surface area contributed by atoms with Gasteiger partial charge in [0.05, 0.1) is 29.2 Å². The summed E-state index contributed by atoms with van der Waals surface area (Å²) in [4.78, 5) is 12.9. The van der Waals surface area contributed by atoms with E-state index >= 15 is 0 Å². The van der Waals surface area contributed by atoms with Gasteiger partial charge in [-0.2, -0.15) is 5.26 Å². The molecule has 0 radical (unpaired) electrons. The summed E-state index contributed by atoms with van der Waals surface area (Å²) in [5.41, 5.74) is 7.03. The number of nitrogens with zero attached hydrogens (tertiary/aromatic N) is 3. The predicted molar refractivity (Wildman–Crippen MR) is 159 cm³/mol. The molecular weight excluding hydrogens is 510 g/mol. The van der Waals surface area contributed by atoms with Gasteiger partial charge < -0.3 is 15.0 Å². The number of nitriles is 1. The minimum Gasteiger partial charge on any atom is -0.508 e. The molecule has 0 unspecified atom stereocenters. The van der Waals surface area contributed by atoms with Crippen molar-refractivity contribution in [3.63, 3.8) is 0 Å². The smallest absolute Gasteiger partial charge is 0.255 e. The molecule has 0 saturated heterocycles. The zero-order chi connectivity index (χ0) is 28.3. The van der Waals surface area contributed by atoms with Crippen LogP contribution in [0.15, 0.2) is 121 Å². The van der Waals surface area contributed by atoms with Crippen molar-refractivity contribution in [3.8, 4) is 28.6 Å². The molecule has 1 aromatic heterocycles. The number of anilines is 1. The molecule has 41 heavy (non-hydrogen) atoms. The number of nitrogens with one attached hydrogen (secondary N) is 2. The normalized spacial score (nSPS) is 10.8. The molecule has 0 saturated carbocycles. The van der Waals surface area contributed by atoms with E-state index in [9.17, 15) is 9.90 Å². The quantitative estimate of drug-likeness (QED) is 0.228. The Kier molecular flexibility index (Phi) is 6.64. The molecule has 0 aliphatic rings. The molecule has 1 heterocycles. The molecule has 6 rings (SSSR count). The lowest BCUT2D eigenvalue weighted by Crippen LogP contribution is -2.24. The van der Waals surface area contributed by atoms with Crippen molar-refractivity contribution in [3.05, 3.63) is 144 Å². The highest BCUT2D eigenvalue weighted by molar-refractivity contribution is 6.06. The molecule has 0 aliphatic heterocycles. The Morgan fingerprint density at radius 3 is 2.20 bits per heavy atom. The average molecular weight is 536 g/mol. The number of phenols is 1. The zero-order valence-electron chi connectivity index (χ0n) is 22.0. The van der Waals surface area contributed by atoms with E-state index in [4.69, 9.17) is 10.7 Å². The molecule has 7 heteroatoms. The maximum atomic E-state index is 12.9. The number of fused-ring (bicyclic) bond motifs is 1. The average Bonchev–Trinajstić information content (AvgIpc) is 3.29. The van der Waals surface area contributed by atoms with Gasteiger partial charge in [-0.15, -0.1) is 0 Å². The van der Waals surface area contributed by atoms with Crippen LogP contribution in [0.25, 0.3) is 27.8 Å². The Hall–Kier alpha value is -5.87. The number of hydrogen-bond donors (Lipinski definition) is 3. The molecule has 3 N–H and O–H groups in total. The van der Waals surface area contributed by atoms with Crippen LogP contribution in [0, 0.1) is 16.7 Å². The van der Waals surface area contributed by atoms with Crippen molar-refractivity contribution in [2.75, 3.05) is 5.32 Å². The first-order chi connectivity index (χ1) is 20.0. The molecule has 6 aromatic rings. The van der Waals surface area contributed by atoms with Crippen LogP contribution in [0.3, 0.4) is 0 Å². The van der Waals surface area contributed by atoms with Gasteiger partial charge in [-0.3, -0.25) is 14.8 Å². The van der Waals surface area contributed by atoms with Crippen LogP contribution in [0.2, 0.25) is 0 Å². The summed E-state index contributed by atoms with van der Waals surface area (Å²) in [6.07, 6.45) is 0. The Labute approximate surface area is 236 Å². The summed E-state index contributed by atoms with van der Waals surface area (Å²) < 4.78 is 3.77. The molecule has 0 spiro atoms. The standard InChI is InChI=1S/C34H25N5O2/c35-21-23-13-15-25(16-14-23)33(41)37-29-9-3-2-8-28(29)24-17-19-27(20-18-24)39-31-11-5-4-10-30(31)38(34(39)36)22-26-7-1-6-12-32(26)40/h1-20,36,40H,22H2,(H,37,41). The van der Waals surface area contributed by atoms with E-state index < -0.39 is 0 Å². The van der Waals surface area contributed by atoms with Gasteiger partial charge in [0.1, 0.15) is 5.75 Å². The summed E-state index contributed by atoms with van der Waals surface area (Å²) in [5, 5.41) is 31.4. The van der Waals surface area contributed by atoms with Crippen LogP contribution in [0.1, 0.15) is 21.5 Å². The number of rotatable bonds is 6. The van der Waals surface area contributed by atoms with Crippen LogP contribution in [-0.2, 0) is 6.54 Å². The van der Waals surface area contributed by atoms with Crippen LogP contribution >= 0.6 is 0 Å². The van der Waals surface area contributed by atoms with Crippen molar-refractivity contribution in [2.45, 2.75) is 6.54 Å². The number of carbonyl (C=O) groups excluding carboxylic acids is 1. The maximum absolute atomic E-state index is 12.9. The maximum Gasteiger partial charge on any atom is 0.255 e. The minimum absolute atomic E-state index is 0.200. The molecular formula is C34H25N5O2. The van der Waals surface area contributed by atoms with E-state index in [1.807, 2.05) is 94.1 Å². The number of benzene rings is 5. The summed E-state index contributed by atoms with van der Waals surface area (Å²) >= 11 is 0. The van der Waals surface area contributed by atoms with Crippen LogP contribution in [0.5, 0.6) is 5.75 Å². The number of hydrogen-bond acceptors (Lipinski definition) is 4. The Balaban J connectivity index is 1.33. The minimum atomic E-state index is -0.259. The van der Waals surface area contributed by atoms with Crippen LogP contribution < -0.4 is 10.9 Å². The lowest BCUT2D eigenvalue weighted by atomic mass is 10.0. The van der Waals surface area contributed by atoms with Gasteiger partial charge in [0.2, 0.25) is 5.62 Å². The van der Waals surface area contributed by atoms with Gasteiger partial charge in [-0.05, 0) is 66.2 Å². The molecule has 5 aromatic carbocycles. The highest BCUT2D eigenvalue weighted by Crippen LogP contribution is 2.30. The van der Waals surface area contributed by atoms with E-state index in [-0.39, 0.29) is 17.3 Å². The van der Waals surface area contributed by atoms with Crippen molar-refractivity contribution in [1.82, 2.24) is 9.13 Å². The lowest BCUT2D eigenvalue weighted by molar-refractivity contribution is 0.102. The summed E-state index contributed by atoms with van der Waals surface area (Å²) in [6, 6.07) is 39.1. The topological polar surface area (TPSA) is 107 Å². The van der Waals surface area contributed by atoms with Crippen LogP contribution in [0.4, 0.5) is 5.69 Å². The van der Waals surface area contributed by atoms with Gasteiger partial charge in [0, 0.05) is 28.1 Å². The predicted octanol–water partition coefficient (Wildman–Crippen LogP) is 6.46. The van der Waals surface area contributed by atoms with E-state index in [0.29, 0.717) is 23.4 Å². The second kappa shape index (κ2) is 10.7. The van der Waals surface area contributed by atoms with Crippen molar-refractivity contribution in [2.24, 2.45) is 0 Å². The number of aromatic hydroxyl groups is 1. The molecule has 7 nitrogen and oxygen atoms in total. The third-order valence-electron chi connectivity index (χ3n) is 7.09. The van der Waals surface area contributed by atoms with E-state index in [2.05, 4.69) is 11.4 Å². The number of carbonyl (C=O) groups is 1. The van der Waals surface area contributed by atoms with Crippen molar-refractivity contribution in [1.29, 1.82) is 10.7 Å². The molecule has 0 bridgehead atoms. The second-order valence-electron chi connectivity index (χ2n) is 9.60. The third-order valence-corrected chi connectivity index (χ3v) is 7.09. The number of para-hydroxylation sites is 4. The molecule has 198 valence electrons. The SMILES string of the molecule is N#Cc1ccc(C(=O)Nc2ccccc2-c2ccc(-n3c(=N)n(Cc4ccccc4O)c4ccccc43)cc2)cc1. The van der Waals surface area contributed by atoms with E-state index in [0.717, 1.165) is 33.4 Å². The van der Waals surface area contributed by atoms with Gasteiger partial charge in [0.15, 0.2) is 0 Å². The highest BCUT2D eigenvalue weighted by Gasteiger charge is 2.15. The molecule has 0 aliphatic carbocycles. The number of phenolic OH excluding ortho intramolecular Hbond substituents is 1. The fourth-order valence-electron chi connectivity index (χ4n) is 4.99. The lowest BCUT2D eigenvalue weighted by Gasteiger charge is -2.12. The number of imidazole rings is 1. The first-order valence-electron chi connectivity index (χ1n) is 13.1. The fraction of sp³-hybridized carbons (Fsp3) is 0.0294. The Morgan fingerprint density at radius 1 is 0.805 bits per heavy atom. The van der Waals surface area contributed by atoms with Gasteiger partial charge in [0.25, 0.3) is 5.91 Å². The zero-order valence-corrected chi connectivity index (χ0v) is 22.0. The number of amides is 1. The van der Waals surface area contributed by atoms with Crippen molar-refractivity contribution >= 4 is 22.6 Å². The van der Waals surface area contributed by atoms with Gasteiger partial charge in [-0.25, -0.2) is 0 Å². The van der Waals surface area contributed by atoms with E-state index in [1.165, 1.54) is 0 Å². The van der Waals surface area contributed by atoms with Crippen LogP contribution in [-0.4, -0.2) is 20.1 Å². The van der Waals surface area contributed by atoms with Gasteiger partial charge >= 0.3 is 0 Å².